The van der Waals surface area contributed by atoms with Gasteiger partial charge in [0.25, 0.3) is 5.91 Å². The number of rotatable bonds is 8. The number of hydrogen-bond donors (Lipinski definition) is 1. The molecule has 0 saturated carbocycles. The third-order valence-electron chi connectivity index (χ3n) is 4.38. The van der Waals surface area contributed by atoms with Gasteiger partial charge in [-0.1, -0.05) is 41.4 Å². The van der Waals surface area contributed by atoms with Crippen LogP contribution in [0.1, 0.15) is 5.56 Å². The van der Waals surface area contributed by atoms with Gasteiger partial charge in [-0.2, -0.15) is 13.2 Å². The maximum absolute atomic E-state index is 13.0. The van der Waals surface area contributed by atoms with Crippen LogP contribution in [0.5, 0.6) is 17.2 Å². The van der Waals surface area contributed by atoms with Crippen molar-refractivity contribution in [2.45, 2.75) is 12.3 Å². The van der Waals surface area contributed by atoms with Crippen LogP contribution in [0.4, 0.5) is 18.9 Å². The first-order valence-electron chi connectivity index (χ1n) is 9.53. The Balaban J connectivity index is 1.79. The second-order valence-electron chi connectivity index (χ2n) is 6.72. The number of para-hydroxylation sites is 1. The Morgan fingerprint density at radius 1 is 0.970 bits per heavy atom. The number of ether oxygens (including phenoxy) is 3. The van der Waals surface area contributed by atoms with Gasteiger partial charge in [-0.25, -0.2) is 0 Å². The van der Waals surface area contributed by atoms with Gasteiger partial charge in [0.2, 0.25) is 6.10 Å². The van der Waals surface area contributed by atoms with Crippen LogP contribution >= 0.6 is 23.2 Å². The van der Waals surface area contributed by atoms with Gasteiger partial charge in [-0.3, -0.25) is 4.79 Å². The van der Waals surface area contributed by atoms with E-state index in [2.05, 4.69) is 5.32 Å². The van der Waals surface area contributed by atoms with E-state index in [1.807, 2.05) is 0 Å². The molecule has 0 spiro atoms. The number of anilines is 1. The Bertz CT molecular complexity index is 1070. The number of halogens is 5. The highest BCUT2D eigenvalue weighted by Crippen LogP contribution is 2.40. The molecule has 0 fully saturated rings. The first-order valence-corrected chi connectivity index (χ1v) is 10.3. The SMILES string of the molecule is COc1ccc(NC(=O)C(COc2c(Cl)cc(C(F)(F)F)cc2Cl)Oc2ccccc2)cc1. The number of carbonyl (C=O) groups excluding carboxylic acids is 1. The second-order valence-corrected chi connectivity index (χ2v) is 7.53. The molecule has 1 N–H and O–H groups in total. The van der Waals surface area contributed by atoms with E-state index in [1.165, 1.54) is 7.11 Å². The van der Waals surface area contributed by atoms with Gasteiger partial charge in [-0.15, -0.1) is 0 Å². The van der Waals surface area contributed by atoms with Crippen molar-refractivity contribution >= 4 is 34.8 Å². The van der Waals surface area contributed by atoms with E-state index in [4.69, 9.17) is 37.4 Å². The fraction of sp³-hybridized carbons (Fsp3) is 0.174. The summed E-state index contributed by atoms with van der Waals surface area (Å²) in [6, 6.07) is 16.5. The molecule has 1 amide bonds. The van der Waals surface area contributed by atoms with E-state index in [9.17, 15) is 18.0 Å². The number of benzene rings is 3. The maximum Gasteiger partial charge on any atom is 0.416 e. The average Bonchev–Trinajstić information content (AvgIpc) is 2.78. The zero-order valence-electron chi connectivity index (χ0n) is 17.2. The molecule has 0 radical (unpaired) electrons. The van der Waals surface area contributed by atoms with Crippen molar-refractivity contribution in [3.8, 4) is 17.2 Å². The Hall–Kier alpha value is -3.10. The molecule has 1 unspecified atom stereocenters. The van der Waals surface area contributed by atoms with Crippen molar-refractivity contribution in [1.29, 1.82) is 0 Å². The quantitative estimate of drug-likeness (QED) is 0.385. The Morgan fingerprint density at radius 3 is 2.12 bits per heavy atom. The van der Waals surface area contributed by atoms with Crippen molar-refractivity contribution in [1.82, 2.24) is 0 Å². The van der Waals surface area contributed by atoms with Crippen LogP contribution in [0.25, 0.3) is 0 Å². The number of methoxy groups -OCH3 is 1. The van der Waals surface area contributed by atoms with Crippen LogP contribution in [-0.4, -0.2) is 25.7 Å². The highest BCUT2D eigenvalue weighted by atomic mass is 35.5. The van der Waals surface area contributed by atoms with E-state index in [1.54, 1.807) is 54.6 Å². The van der Waals surface area contributed by atoms with E-state index in [-0.39, 0.29) is 22.4 Å². The predicted molar refractivity (Wildman–Crippen MR) is 119 cm³/mol. The molecule has 0 aliphatic carbocycles. The molecule has 3 rings (SSSR count). The standard InChI is InChI=1S/C23H18Cl2F3NO4/c1-31-16-9-7-15(8-10-16)29-22(30)20(33-17-5-3-2-4-6-17)13-32-21-18(24)11-14(12-19(21)25)23(26,27)28/h2-12,20H,13H2,1H3,(H,29,30). The zero-order chi connectivity index (χ0) is 24.0. The summed E-state index contributed by atoms with van der Waals surface area (Å²) >= 11 is 11.9. The van der Waals surface area contributed by atoms with Crippen molar-refractivity contribution in [2.24, 2.45) is 0 Å². The Morgan fingerprint density at radius 2 is 1.58 bits per heavy atom. The summed E-state index contributed by atoms with van der Waals surface area (Å²) < 4.78 is 55.2. The average molecular weight is 500 g/mol. The predicted octanol–water partition coefficient (Wildman–Crippen LogP) is 6.49. The Labute approximate surface area is 198 Å². The highest BCUT2D eigenvalue weighted by Gasteiger charge is 2.32. The van der Waals surface area contributed by atoms with Crippen LogP contribution in [0, 0.1) is 0 Å². The lowest BCUT2D eigenvalue weighted by Crippen LogP contribution is -2.38. The minimum absolute atomic E-state index is 0.190. The third-order valence-corrected chi connectivity index (χ3v) is 4.94. The van der Waals surface area contributed by atoms with Gasteiger partial charge >= 0.3 is 6.18 Å². The number of hydrogen-bond acceptors (Lipinski definition) is 4. The summed E-state index contributed by atoms with van der Waals surface area (Å²) in [5.74, 6) is 0.258. The summed E-state index contributed by atoms with van der Waals surface area (Å²) in [6.45, 7) is -0.373. The van der Waals surface area contributed by atoms with Crippen LogP contribution in [0.2, 0.25) is 10.0 Å². The number of alkyl halides is 3. The van der Waals surface area contributed by atoms with Gasteiger partial charge in [0.05, 0.1) is 22.7 Å². The smallest absolute Gasteiger partial charge is 0.416 e. The number of nitrogens with one attached hydrogen (secondary N) is 1. The fourth-order valence-electron chi connectivity index (χ4n) is 2.74. The molecule has 0 aliphatic heterocycles. The summed E-state index contributed by atoms with van der Waals surface area (Å²) in [6.07, 6.45) is -5.80. The van der Waals surface area contributed by atoms with Crippen LogP contribution in [-0.2, 0) is 11.0 Å². The Kier molecular flexibility index (Phi) is 7.94. The first-order chi connectivity index (χ1) is 15.7. The van der Waals surface area contributed by atoms with Crippen molar-refractivity contribution in [3.05, 3.63) is 82.3 Å². The molecule has 5 nitrogen and oxygen atoms in total. The lowest BCUT2D eigenvalue weighted by atomic mass is 10.2. The lowest BCUT2D eigenvalue weighted by molar-refractivity contribution is -0.137. The van der Waals surface area contributed by atoms with Crippen molar-refractivity contribution in [3.63, 3.8) is 0 Å². The van der Waals surface area contributed by atoms with Crippen LogP contribution < -0.4 is 19.5 Å². The fourth-order valence-corrected chi connectivity index (χ4v) is 3.34. The third kappa shape index (κ3) is 6.69. The van der Waals surface area contributed by atoms with Gasteiger partial charge in [0.15, 0.2) is 5.75 Å². The van der Waals surface area contributed by atoms with Gasteiger partial charge < -0.3 is 19.5 Å². The molecule has 0 heterocycles. The van der Waals surface area contributed by atoms with Gasteiger partial charge in [-0.05, 0) is 48.5 Å². The number of amides is 1. The largest absolute Gasteiger partial charge is 0.497 e. The second kappa shape index (κ2) is 10.7. The first kappa shape index (κ1) is 24.5. The zero-order valence-corrected chi connectivity index (χ0v) is 18.7. The minimum Gasteiger partial charge on any atom is -0.497 e. The van der Waals surface area contributed by atoms with Crippen LogP contribution in [0.3, 0.4) is 0 Å². The highest BCUT2D eigenvalue weighted by molar-refractivity contribution is 6.37. The molecule has 1 atom stereocenters. The van der Waals surface area contributed by atoms with E-state index < -0.39 is 23.8 Å². The molecule has 0 aliphatic rings. The lowest BCUT2D eigenvalue weighted by Gasteiger charge is -2.20. The topological polar surface area (TPSA) is 56.8 Å². The number of carbonyl (C=O) groups is 1. The summed E-state index contributed by atoms with van der Waals surface area (Å²) in [7, 11) is 1.52. The molecule has 33 heavy (non-hydrogen) atoms. The molecule has 0 bridgehead atoms. The molecule has 10 heteroatoms. The van der Waals surface area contributed by atoms with E-state index in [0.29, 0.717) is 29.3 Å². The monoisotopic (exact) mass is 499 g/mol. The van der Waals surface area contributed by atoms with E-state index >= 15 is 0 Å². The molecule has 0 aromatic heterocycles. The maximum atomic E-state index is 13.0. The van der Waals surface area contributed by atoms with Crippen LogP contribution in [0.15, 0.2) is 66.7 Å². The van der Waals surface area contributed by atoms with Crippen molar-refractivity contribution < 1.29 is 32.2 Å². The van der Waals surface area contributed by atoms with Gasteiger partial charge in [0.1, 0.15) is 18.1 Å². The summed E-state index contributed by atoms with van der Waals surface area (Å²) in [5.41, 5.74) is -0.535. The molecule has 174 valence electrons. The molecule has 0 saturated heterocycles. The van der Waals surface area contributed by atoms with Crippen molar-refractivity contribution in [2.75, 3.05) is 19.0 Å². The molecule has 3 aromatic rings. The minimum atomic E-state index is -4.62. The molecule has 3 aromatic carbocycles. The van der Waals surface area contributed by atoms with Gasteiger partial charge in [0, 0.05) is 5.69 Å². The summed E-state index contributed by atoms with van der Waals surface area (Å²) in [5, 5.41) is 2.01. The normalized spacial score (nSPS) is 12.1. The molecular weight excluding hydrogens is 482 g/mol. The molecular formula is C23H18Cl2F3NO4. The van der Waals surface area contributed by atoms with E-state index in [0.717, 1.165) is 0 Å². The summed E-state index contributed by atoms with van der Waals surface area (Å²) in [4.78, 5) is 12.9.